The Morgan fingerprint density at radius 3 is 2.51 bits per heavy atom. The monoisotopic (exact) mass is 652 g/mol. The summed E-state index contributed by atoms with van der Waals surface area (Å²) < 4.78 is 46.7. The topological polar surface area (TPSA) is 85.2 Å². The van der Waals surface area contributed by atoms with Crippen LogP contribution in [0.15, 0.2) is 42.5 Å². The summed E-state index contributed by atoms with van der Waals surface area (Å²) in [6, 6.07) is 9.96. The van der Waals surface area contributed by atoms with E-state index in [4.69, 9.17) is 39.5 Å². The first-order chi connectivity index (χ1) is 20.4. The number of aromatic nitrogens is 2. The van der Waals surface area contributed by atoms with E-state index >= 15 is 0 Å². The van der Waals surface area contributed by atoms with Crippen LogP contribution in [0.5, 0.6) is 5.75 Å². The van der Waals surface area contributed by atoms with Gasteiger partial charge in [0.1, 0.15) is 24.0 Å². The van der Waals surface area contributed by atoms with Crippen LogP contribution in [0.3, 0.4) is 0 Å². The van der Waals surface area contributed by atoms with Crippen LogP contribution in [0.25, 0.3) is 11.0 Å². The van der Waals surface area contributed by atoms with E-state index < -0.39 is 24.8 Å². The molecule has 0 atom stereocenters. The molecule has 0 bridgehead atoms. The van der Waals surface area contributed by atoms with Crippen LogP contribution in [0.2, 0.25) is 15.1 Å². The van der Waals surface area contributed by atoms with E-state index in [1.54, 1.807) is 23.7 Å². The molecule has 13 heteroatoms. The van der Waals surface area contributed by atoms with Gasteiger partial charge in [-0.1, -0.05) is 47.8 Å². The predicted octanol–water partition coefficient (Wildman–Crippen LogP) is 7.58. The molecule has 1 heterocycles. The van der Waals surface area contributed by atoms with Crippen LogP contribution in [-0.2, 0) is 24.8 Å². The Balaban J connectivity index is 1.45. The number of ether oxygens (including phenoxy) is 1. The van der Waals surface area contributed by atoms with E-state index in [0.717, 1.165) is 18.9 Å². The van der Waals surface area contributed by atoms with Crippen LogP contribution >= 0.6 is 34.8 Å². The van der Waals surface area contributed by atoms with Crippen LogP contribution in [0.1, 0.15) is 47.1 Å². The number of nitrogens with zero attached hydrogens (tertiary/aromatic N) is 2. The van der Waals surface area contributed by atoms with E-state index in [1.165, 1.54) is 24.3 Å². The minimum Gasteiger partial charge on any atom is -0.487 e. The molecule has 1 fully saturated rings. The van der Waals surface area contributed by atoms with Crippen molar-refractivity contribution in [2.75, 3.05) is 11.9 Å². The fourth-order valence-electron chi connectivity index (χ4n) is 4.56. The van der Waals surface area contributed by atoms with Crippen molar-refractivity contribution >= 4 is 63.3 Å². The highest BCUT2D eigenvalue weighted by Gasteiger charge is 2.44. The first-order valence-electron chi connectivity index (χ1n) is 13.3. The number of carbonyl (C=O) groups is 2. The molecule has 7 nitrogen and oxygen atoms in total. The smallest absolute Gasteiger partial charge is 0.272 e. The highest BCUT2D eigenvalue weighted by Crippen LogP contribution is 2.45. The largest absolute Gasteiger partial charge is 0.487 e. The number of anilines is 1. The molecular weight excluding hydrogens is 628 g/mol. The normalized spacial score (nSPS) is 13.8. The van der Waals surface area contributed by atoms with Gasteiger partial charge in [0.25, 0.3) is 12.3 Å². The van der Waals surface area contributed by atoms with Crippen molar-refractivity contribution in [1.82, 2.24) is 14.9 Å². The molecule has 4 aromatic rings. The second-order valence-corrected chi connectivity index (χ2v) is 11.8. The summed E-state index contributed by atoms with van der Waals surface area (Å²) in [6.07, 6.45) is -0.878. The van der Waals surface area contributed by atoms with Crippen molar-refractivity contribution in [3.05, 3.63) is 85.9 Å². The number of halogens is 6. The fraction of sp³-hybridized carbons (Fsp3) is 0.300. The van der Waals surface area contributed by atoms with Gasteiger partial charge >= 0.3 is 0 Å². The molecule has 0 saturated heterocycles. The number of rotatable bonds is 10. The molecule has 1 aromatic heterocycles. The molecule has 1 aliphatic rings. The van der Waals surface area contributed by atoms with Gasteiger partial charge < -0.3 is 19.9 Å². The molecule has 0 aliphatic heterocycles. The summed E-state index contributed by atoms with van der Waals surface area (Å²) in [5.41, 5.74) is 1.99. The molecule has 43 heavy (non-hydrogen) atoms. The van der Waals surface area contributed by atoms with E-state index in [-0.39, 0.29) is 46.3 Å². The van der Waals surface area contributed by atoms with Crippen molar-refractivity contribution in [1.29, 1.82) is 0 Å². The number of hydrogen-bond acceptors (Lipinski definition) is 4. The number of fused-ring (bicyclic) bond motifs is 1. The molecule has 0 unspecified atom stereocenters. The Kier molecular flexibility index (Phi) is 8.83. The lowest BCUT2D eigenvalue weighted by Gasteiger charge is -2.14. The molecule has 2 N–H and O–H groups in total. The Bertz CT molecular complexity index is 1740. The van der Waals surface area contributed by atoms with Crippen molar-refractivity contribution < 1.29 is 27.5 Å². The third kappa shape index (κ3) is 6.71. The quantitative estimate of drug-likeness (QED) is 0.185. The lowest BCUT2D eigenvalue weighted by Crippen LogP contribution is -2.29. The zero-order valence-electron chi connectivity index (χ0n) is 23.0. The number of nitrogens with one attached hydrogen (secondary N) is 2. The number of amides is 2. The van der Waals surface area contributed by atoms with Crippen molar-refractivity contribution in [3.63, 3.8) is 0 Å². The van der Waals surface area contributed by atoms with Crippen LogP contribution in [0.4, 0.5) is 18.9 Å². The summed E-state index contributed by atoms with van der Waals surface area (Å²) >= 11 is 19.1. The Hall–Kier alpha value is -3.47. The minimum absolute atomic E-state index is 0.0253. The van der Waals surface area contributed by atoms with Gasteiger partial charge in [-0.05, 0) is 54.3 Å². The summed E-state index contributed by atoms with van der Waals surface area (Å²) in [7, 11) is 1.73. The van der Waals surface area contributed by atoms with Gasteiger partial charge in [0, 0.05) is 42.2 Å². The van der Waals surface area contributed by atoms with Gasteiger partial charge in [0.2, 0.25) is 5.91 Å². The van der Waals surface area contributed by atoms with Crippen LogP contribution in [-0.4, -0.2) is 34.4 Å². The average Bonchev–Trinajstić information content (AvgIpc) is 3.65. The van der Waals surface area contributed by atoms with Crippen molar-refractivity contribution in [3.8, 4) is 5.75 Å². The second-order valence-electron chi connectivity index (χ2n) is 10.6. The van der Waals surface area contributed by atoms with E-state index in [2.05, 4.69) is 15.6 Å². The number of imidazole rings is 1. The van der Waals surface area contributed by atoms with Crippen molar-refractivity contribution in [2.24, 2.45) is 12.5 Å². The highest BCUT2D eigenvalue weighted by atomic mass is 35.5. The molecule has 0 radical (unpaired) electrons. The zero-order chi connectivity index (χ0) is 31.1. The van der Waals surface area contributed by atoms with E-state index in [0.29, 0.717) is 38.0 Å². The fourth-order valence-corrected chi connectivity index (χ4v) is 5.31. The lowest BCUT2D eigenvalue weighted by molar-refractivity contribution is -0.125. The standard InChI is InChI=1S/C30H26Cl3F3N4O3/c1-30(7-8-30)29(42)37-13-15-3-5-19(31)17(27(15)33)11-26-39-22-10-18(24(43-14-25(35)36)12-23(22)40(26)2)28(41)38-16-4-6-21(34)20(32)9-16/h3-6,9-10,12,25H,7-8,11,13-14H2,1-2H3,(H,37,42)(H,38,41). The average molecular weight is 654 g/mol. The van der Waals surface area contributed by atoms with E-state index in [1.807, 2.05) is 6.92 Å². The van der Waals surface area contributed by atoms with E-state index in [9.17, 15) is 22.8 Å². The summed E-state index contributed by atoms with van der Waals surface area (Å²) in [4.78, 5) is 30.3. The Morgan fingerprint density at radius 2 is 1.84 bits per heavy atom. The summed E-state index contributed by atoms with van der Waals surface area (Å²) in [5.74, 6) is -0.949. The molecule has 1 aliphatic carbocycles. The molecule has 2 amide bonds. The first-order valence-corrected chi connectivity index (χ1v) is 14.4. The molecule has 226 valence electrons. The Labute approximate surface area is 260 Å². The molecular formula is C30H26Cl3F3N4O3. The number of aryl methyl sites for hydroxylation is 1. The van der Waals surface area contributed by atoms with Crippen molar-refractivity contribution in [2.45, 2.75) is 39.2 Å². The second kappa shape index (κ2) is 12.3. The lowest BCUT2D eigenvalue weighted by atomic mass is 10.1. The number of carbonyl (C=O) groups excluding carboxylic acids is 2. The number of alkyl halides is 2. The maximum atomic E-state index is 13.6. The van der Waals surface area contributed by atoms with Gasteiger partial charge in [-0.15, -0.1) is 0 Å². The third-order valence-electron chi connectivity index (χ3n) is 7.45. The van der Waals surface area contributed by atoms with Gasteiger partial charge in [-0.25, -0.2) is 18.2 Å². The summed E-state index contributed by atoms with van der Waals surface area (Å²) in [5, 5.41) is 6.11. The molecule has 5 rings (SSSR count). The highest BCUT2D eigenvalue weighted by molar-refractivity contribution is 6.36. The van der Waals surface area contributed by atoms with Gasteiger partial charge in [0.15, 0.2) is 0 Å². The predicted molar refractivity (Wildman–Crippen MR) is 160 cm³/mol. The summed E-state index contributed by atoms with van der Waals surface area (Å²) in [6.45, 7) is 1.22. The van der Waals surface area contributed by atoms with Gasteiger partial charge in [-0.3, -0.25) is 9.59 Å². The first kappa shape index (κ1) is 31.0. The van der Waals surface area contributed by atoms with Crippen LogP contribution < -0.4 is 15.4 Å². The van der Waals surface area contributed by atoms with Gasteiger partial charge in [0.05, 0.1) is 26.6 Å². The van der Waals surface area contributed by atoms with Gasteiger partial charge in [-0.2, -0.15) is 0 Å². The molecule has 3 aromatic carbocycles. The molecule has 1 saturated carbocycles. The number of hydrogen-bond donors (Lipinski definition) is 2. The Morgan fingerprint density at radius 1 is 1.09 bits per heavy atom. The maximum absolute atomic E-state index is 13.6. The van der Waals surface area contributed by atoms with Crippen LogP contribution in [0, 0.1) is 11.2 Å². The third-order valence-corrected chi connectivity index (χ3v) is 8.56. The number of benzene rings is 3. The SMILES string of the molecule is Cn1c(Cc2c(Cl)ccc(CNC(=O)C3(C)CC3)c2Cl)nc2cc(C(=O)Nc3ccc(F)c(Cl)c3)c(OCC(F)F)cc21. The molecule has 0 spiro atoms. The minimum atomic E-state index is -2.78. The zero-order valence-corrected chi connectivity index (χ0v) is 25.3. The maximum Gasteiger partial charge on any atom is 0.272 e.